The van der Waals surface area contributed by atoms with Crippen LogP contribution in [-0.4, -0.2) is 37.2 Å². The minimum atomic E-state index is -0.787. The normalized spacial score (nSPS) is 12.7. The molecule has 0 aromatic rings. The minimum Gasteiger partial charge on any atom is -0.462 e. The Labute approximate surface area is 508 Å². The first-order valence-electron chi connectivity index (χ1n) is 35.2. The molecule has 0 aliphatic heterocycles. The maximum absolute atomic E-state index is 13.0. The summed E-state index contributed by atoms with van der Waals surface area (Å²) in [5.74, 6) is -0.880. The van der Waals surface area contributed by atoms with Crippen LogP contribution in [0.5, 0.6) is 0 Å². The second kappa shape index (κ2) is 69.8. The van der Waals surface area contributed by atoms with Gasteiger partial charge in [-0.05, 0) is 122 Å². The van der Waals surface area contributed by atoms with E-state index in [0.29, 0.717) is 19.3 Å². The summed E-state index contributed by atoms with van der Waals surface area (Å²) in [5.41, 5.74) is 0. The Balaban J connectivity index is 4.39. The van der Waals surface area contributed by atoms with Crippen molar-refractivity contribution < 1.29 is 28.6 Å². The van der Waals surface area contributed by atoms with Crippen molar-refractivity contribution in [2.75, 3.05) is 13.2 Å². The molecule has 6 heteroatoms. The standard InChI is InChI=1S/C76H132O6/c1-4-7-10-13-16-19-22-25-28-31-34-36-37-38-39-41-42-45-48-51-54-57-60-63-66-69-75(78)81-72-73(71-80-74(77)68-65-62-59-56-53-50-47-44-33-30-27-24-21-18-15-12-9-6-3)82-76(79)70-67-64-61-58-55-52-49-46-43-40-35-32-29-26-23-20-17-14-11-8-5-2/h7,10,16,19,23,25-26,28,30,32-36,38-39,73H,4-6,8-9,11-15,17-18,20-22,24,27,29,31,37,40-72H2,1-3H3/b10-7-,19-16-,26-23-,28-25-,33-30-,35-32-,36-34-,39-38-. The maximum atomic E-state index is 13.0. The van der Waals surface area contributed by atoms with E-state index in [1.807, 2.05) is 0 Å². The van der Waals surface area contributed by atoms with Crippen molar-refractivity contribution in [2.24, 2.45) is 0 Å². The van der Waals surface area contributed by atoms with E-state index in [-0.39, 0.29) is 31.1 Å². The van der Waals surface area contributed by atoms with E-state index < -0.39 is 6.10 Å². The number of allylic oxidation sites excluding steroid dienone is 16. The molecule has 0 saturated carbocycles. The highest BCUT2D eigenvalue weighted by atomic mass is 16.6. The van der Waals surface area contributed by atoms with Crippen molar-refractivity contribution in [3.05, 3.63) is 97.2 Å². The second-order valence-electron chi connectivity index (χ2n) is 23.4. The van der Waals surface area contributed by atoms with Gasteiger partial charge in [-0.1, -0.05) is 304 Å². The van der Waals surface area contributed by atoms with Gasteiger partial charge in [-0.2, -0.15) is 0 Å². The van der Waals surface area contributed by atoms with Crippen molar-refractivity contribution in [3.63, 3.8) is 0 Å². The molecule has 0 radical (unpaired) electrons. The molecule has 472 valence electrons. The highest BCUT2D eigenvalue weighted by Gasteiger charge is 2.19. The van der Waals surface area contributed by atoms with Crippen molar-refractivity contribution in [2.45, 2.75) is 354 Å². The van der Waals surface area contributed by atoms with Crippen molar-refractivity contribution in [1.82, 2.24) is 0 Å². The molecule has 0 aromatic carbocycles. The van der Waals surface area contributed by atoms with E-state index in [1.165, 1.54) is 205 Å². The zero-order chi connectivity index (χ0) is 59.2. The van der Waals surface area contributed by atoms with Gasteiger partial charge in [0.15, 0.2) is 6.10 Å². The van der Waals surface area contributed by atoms with Crippen molar-refractivity contribution in [3.8, 4) is 0 Å². The predicted molar refractivity (Wildman–Crippen MR) is 357 cm³/mol. The molecule has 0 bridgehead atoms. The highest BCUT2D eigenvalue weighted by Crippen LogP contribution is 2.17. The Morgan fingerprint density at radius 3 is 0.756 bits per heavy atom. The Morgan fingerprint density at radius 2 is 0.476 bits per heavy atom. The van der Waals surface area contributed by atoms with Crippen LogP contribution in [0.3, 0.4) is 0 Å². The Morgan fingerprint density at radius 1 is 0.256 bits per heavy atom. The molecule has 82 heavy (non-hydrogen) atoms. The van der Waals surface area contributed by atoms with E-state index in [1.54, 1.807) is 0 Å². The number of rotatable bonds is 64. The molecule has 0 N–H and O–H groups in total. The lowest BCUT2D eigenvalue weighted by atomic mass is 10.1. The monoisotopic (exact) mass is 1140 g/mol. The van der Waals surface area contributed by atoms with E-state index in [2.05, 4.69) is 118 Å². The number of hydrogen-bond acceptors (Lipinski definition) is 6. The molecule has 1 unspecified atom stereocenters. The zero-order valence-electron chi connectivity index (χ0n) is 54.2. The molecule has 0 aliphatic rings. The smallest absolute Gasteiger partial charge is 0.306 e. The van der Waals surface area contributed by atoms with Crippen LogP contribution in [0.15, 0.2) is 97.2 Å². The van der Waals surface area contributed by atoms with Gasteiger partial charge < -0.3 is 14.2 Å². The van der Waals surface area contributed by atoms with Crippen LogP contribution in [0.1, 0.15) is 348 Å². The summed E-state index contributed by atoms with van der Waals surface area (Å²) in [7, 11) is 0. The molecule has 0 saturated heterocycles. The summed E-state index contributed by atoms with van der Waals surface area (Å²) in [4.78, 5) is 38.5. The third-order valence-corrected chi connectivity index (χ3v) is 15.3. The average Bonchev–Trinajstić information content (AvgIpc) is 3.47. The number of esters is 3. The molecular weight excluding hydrogens is 1010 g/mol. The quantitative estimate of drug-likeness (QED) is 0.0261. The van der Waals surface area contributed by atoms with Gasteiger partial charge in [-0.15, -0.1) is 0 Å². The third kappa shape index (κ3) is 67.1. The predicted octanol–water partition coefficient (Wildman–Crippen LogP) is 24.4. The number of ether oxygens (including phenoxy) is 3. The van der Waals surface area contributed by atoms with Crippen LogP contribution in [-0.2, 0) is 28.6 Å². The fourth-order valence-electron chi connectivity index (χ4n) is 10.0. The summed E-state index contributed by atoms with van der Waals surface area (Å²) < 4.78 is 17.0. The number of carbonyl (C=O) groups is 3. The summed E-state index contributed by atoms with van der Waals surface area (Å²) in [5, 5.41) is 0. The highest BCUT2D eigenvalue weighted by molar-refractivity contribution is 5.71. The molecule has 0 heterocycles. The van der Waals surface area contributed by atoms with Crippen LogP contribution >= 0.6 is 0 Å². The summed E-state index contributed by atoms with van der Waals surface area (Å²) >= 11 is 0. The molecular formula is C76H132O6. The minimum absolute atomic E-state index is 0.0817. The van der Waals surface area contributed by atoms with Gasteiger partial charge in [0.05, 0.1) is 0 Å². The van der Waals surface area contributed by atoms with Gasteiger partial charge in [-0.25, -0.2) is 0 Å². The summed E-state index contributed by atoms with van der Waals surface area (Å²) in [6, 6.07) is 0. The molecule has 0 aliphatic carbocycles. The van der Waals surface area contributed by atoms with E-state index in [9.17, 15) is 14.4 Å². The Kier molecular flexibility index (Phi) is 66.7. The molecule has 1 atom stereocenters. The molecule has 0 spiro atoms. The third-order valence-electron chi connectivity index (χ3n) is 15.3. The first-order chi connectivity index (χ1) is 40.5. The van der Waals surface area contributed by atoms with Gasteiger partial charge >= 0.3 is 17.9 Å². The topological polar surface area (TPSA) is 78.9 Å². The first kappa shape index (κ1) is 78.3. The van der Waals surface area contributed by atoms with Crippen LogP contribution in [0.25, 0.3) is 0 Å². The van der Waals surface area contributed by atoms with Gasteiger partial charge in [0.1, 0.15) is 13.2 Å². The molecule has 0 aromatic heterocycles. The average molecular weight is 1140 g/mol. The Hall–Kier alpha value is -3.67. The van der Waals surface area contributed by atoms with Crippen LogP contribution < -0.4 is 0 Å². The van der Waals surface area contributed by atoms with E-state index in [4.69, 9.17) is 14.2 Å². The van der Waals surface area contributed by atoms with Crippen LogP contribution in [0.2, 0.25) is 0 Å². The lowest BCUT2D eigenvalue weighted by Gasteiger charge is -2.18. The summed E-state index contributed by atoms with van der Waals surface area (Å²) in [6.07, 6.45) is 94.2. The van der Waals surface area contributed by atoms with Crippen molar-refractivity contribution in [1.29, 1.82) is 0 Å². The first-order valence-corrected chi connectivity index (χ1v) is 35.2. The van der Waals surface area contributed by atoms with E-state index >= 15 is 0 Å². The molecule has 6 nitrogen and oxygen atoms in total. The molecule has 0 rings (SSSR count). The van der Waals surface area contributed by atoms with Gasteiger partial charge in [-0.3, -0.25) is 14.4 Å². The fourth-order valence-corrected chi connectivity index (χ4v) is 10.0. The summed E-state index contributed by atoms with van der Waals surface area (Å²) in [6.45, 7) is 6.55. The van der Waals surface area contributed by atoms with E-state index in [0.717, 1.165) is 103 Å². The van der Waals surface area contributed by atoms with Gasteiger partial charge in [0.25, 0.3) is 0 Å². The lowest BCUT2D eigenvalue weighted by molar-refractivity contribution is -0.167. The van der Waals surface area contributed by atoms with Crippen LogP contribution in [0.4, 0.5) is 0 Å². The van der Waals surface area contributed by atoms with Gasteiger partial charge in [0, 0.05) is 19.3 Å². The largest absolute Gasteiger partial charge is 0.462 e. The van der Waals surface area contributed by atoms with Crippen molar-refractivity contribution >= 4 is 17.9 Å². The molecule has 0 fully saturated rings. The lowest BCUT2D eigenvalue weighted by Crippen LogP contribution is -2.30. The number of hydrogen-bond donors (Lipinski definition) is 0. The zero-order valence-corrected chi connectivity index (χ0v) is 54.2. The van der Waals surface area contributed by atoms with Crippen LogP contribution in [0, 0.1) is 0 Å². The maximum Gasteiger partial charge on any atom is 0.306 e. The Bertz CT molecular complexity index is 1590. The molecule has 0 amide bonds. The second-order valence-corrected chi connectivity index (χ2v) is 23.4. The van der Waals surface area contributed by atoms with Gasteiger partial charge in [0.2, 0.25) is 0 Å². The number of carbonyl (C=O) groups excluding carboxylic acids is 3. The fraction of sp³-hybridized carbons (Fsp3) is 0.750. The SMILES string of the molecule is CC/C=C\C/C=C\C/C=C\C/C=C\C/C=C\CCCCCCCCCCCC(=O)OCC(COC(=O)CCCCCCCCC/C=C\CCCCCCCCC)OC(=O)CCCCCCCCCCC/C=C\C/C=C\CCCCCCC. The number of unbranched alkanes of at least 4 members (excludes halogenated alkanes) is 37.